The molecular weight excluding hydrogens is 635 g/mol. The predicted octanol–water partition coefficient (Wildman–Crippen LogP) is 12.5. The molecule has 3 heteroatoms. The van der Waals surface area contributed by atoms with Gasteiger partial charge in [0.15, 0.2) is 0 Å². The molecule has 0 bridgehead atoms. The second kappa shape index (κ2) is 12.2. The van der Waals surface area contributed by atoms with Gasteiger partial charge in [0, 0.05) is 39.0 Å². The van der Waals surface area contributed by atoms with Gasteiger partial charge in [-0.2, -0.15) is 0 Å². The Morgan fingerprint density at radius 3 is 2.02 bits per heavy atom. The van der Waals surface area contributed by atoms with Gasteiger partial charge in [0.25, 0.3) is 0 Å². The summed E-state index contributed by atoms with van der Waals surface area (Å²) in [7, 11) is 0. The quantitative estimate of drug-likeness (QED) is 0.175. The zero-order valence-electron chi connectivity index (χ0n) is 28.9. The van der Waals surface area contributed by atoms with E-state index in [2.05, 4.69) is 168 Å². The van der Waals surface area contributed by atoms with Crippen LogP contribution in [0.4, 0.5) is 0 Å². The zero-order valence-corrected chi connectivity index (χ0v) is 28.9. The fraction of sp³-hybridized carbons (Fsp3) is 0.102. The molecule has 1 unspecified atom stereocenters. The Balaban J connectivity index is 1.23. The van der Waals surface area contributed by atoms with E-state index in [1.165, 1.54) is 22.2 Å². The van der Waals surface area contributed by atoms with Gasteiger partial charge in [0.2, 0.25) is 0 Å². The van der Waals surface area contributed by atoms with Crippen molar-refractivity contribution in [1.29, 1.82) is 0 Å². The van der Waals surface area contributed by atoms with Crippen molar-refractivity contribution in [2.45, 2.75) is 31.1 Å². The van der Waals surface area contributed by atoms with Gasteiger partial charge in [-0.05, 0) is 90.9 Å². The van der Waals surface area contributed by atoms with Crippen molar-refractivity contribution in [3.8, 4) is 34.1 Å². The van der Waals surface area contributed by atoms with E-state index >= 15 is 0 Å². The zero-order chi connectivity index (χ0) is 34.6. The number of aromatic nitrogens is 1. The third kappa shape index (κ3) is 4.52. The Morgan fingerprint density at radius 1 is 0.577 bits per heavy atom. The lowest BCUT2D eigenvalue weighted by molar-refractivity contribution is 0.426. The Labute approximate surface area is 304 Å². The topological polar surface area (TPSA) is 23.4 Å². The summed E-state index contributed by atoms with van der Waals surface area (Å²) in [6, 6.07) is 51.5. The minimum atomic E-state index is -0.739. The van der Waals surface area contributed by atoms with E-state index in [-0.39, 0.29) is 0 Å². The van der Waals surface area contributed by atoms with E-state index < -0.39 is 5.41 Å². The number of fused-ring (bicyclic) bond motifs is 9. The normalized spacial score (nSPS) is 18.4. The van der Waals surface area contributed by atoms with Gasteiger partial charge in [-0.1, -0.05) is 127 Å². The SMILES string of the molecule is C=C1CC/C=C(/c2cccc3c4c(n(-c5ccccc5)c23)C=CCC4)Oc2ccccc2C12c1ccccc1Oc1cccc(-c3ccccc3)c12. The molecule has 7 aromatic rings. The molecule has 3 nitrogen and oxygen atoms in total. The lowest BCUT2D eigenvalue weighted by Crippen LogP contribution is -2.35. The summed E-state index contributed by atoms with van der Waals surface area (Å²) < 4.78 is 16.5. The fourth-order valence-electron chi connectivity index (χ4n) is 8.90. The van der Waals surface area contributed by atoms with Crippen LogP contribution in [0.25, 0.3) is 39.6 Å². The molecule has 1 spiro atoms. The Bertz CT molecular complexity index is 2590. The van der Waals surface area contributed by atoms with Crippen LogP contribution in [-0.4, -0.2) is 4.57 Å². The molecule has 6 aromatic carbocycles. The summed E-state index contributed by atoms with van der Waals surface area (Å²) in [6.45, 7) is 4.96. The van der Waals surface area contributed by atoms with E-state index in [9.17, 15) is 0 Å². The molecule has 0 fully saturated rings. The Kier molecular flexibility index (Phi) is 7.14. The molecule has 250 valence electrons. The molecule has 0 radical (unpaired) electrons. The minimum Gasteiger partial charge on any atom is -0.457 e. The van der Waals surface area contributed by atoms with Crippen LogP contribution in [0.2, 0.25) is 0 Å². The molecule has 10 rings (SSSR count). The number of aryl methyl sites for hydroxylation is 1. The van der Waals surface area contributed by atoms with Crippen LogP contribution in [0, 0.1) is 0 Å². The van der Waals surface area contributed by atoms with Crippen molar-refractivity contribution in [3.05, 3.63) is 203 Å². The van der Waals surface area contributed by atoms with E-state index in [0.29, 0.717) is 0 Å². The van der Waals surface area contributed by atoms with Crippen molar-refractivity contribution in [3.63, 3.8) is 0 Å². The highest BCUT2D eigenvalue weighted by molar-refractivity contribution is 5.98. The molecule has 0 saturated heterocycles. The summed E-state index contributed by atoms with van der Waals surface area (Å²) in [6.07, 6.45) is 10.4. The lowest BCUT2D eigenvalue weighted by atomic mass is 9.61. The number of para-hydroxylation sites is 4. The largest absolute Gasteiger partial charge is 0.457 e. The van der Waals surface area contributed by atoms with E-state index in [1.54, 1.807) is 0 Å². The number of rotatable bonds is 3. The average Bonchev–Trinajstić information content (AvgIpc) is 3.57. The van der Waals surface area contributed by atoms with Crippen LogP contribution in [0.3, 0.4) is 0 Å². The summed E-state index contributed by atoms with van der Waals surface area (Å²) >= 11 is 0. The molecule has 1 atom stereocenters. The summed E-state index contributed by atoms with van der Waals surface area (Å²) in [5, 5.41) is 1.28. The molecule has 52 heavy (non-hydrogen) atoms. The van der Waals surface area contributed by atoms with Crippen molar-refractivity contribution in [2.75, 3.05) is 0 Å². The van der Waals surface area contributed by atoms with Crippen molar-refractivity contribution in [2.24, 2.45) is 0 Å². The van der Waals surface area contributed by atoms with Gasteiger partial charge in [0.05, 0.1) is 10.9 Å². The number of nitrogens with zero attached hydrogens (tertiary/aromatic N) is 1. The lowest BCUT2D eigenvalue weighted by Gasteiger charge is -2.44. The van der Waals surface area contributed by atoms with Gasteiger partial charge in [-0.3, -0.25) is 0 Å². The summed E-state index contributed by atoms with van der Waals surface area (Å²) in [4.78, 5) is 0. The second-order valence-corrected chi connectivity index (χ2v) is 13.9. The standard InChI is InChI=1S/C49H37NO2/c1-33-17-14-31-43(39-25-15-24-38-37-22-8-11-28-42(37)50(48(38)39)35-20-6-3-7-21-35)51-44-29-12-9-26-40(44)49(33)41-27-10-13-30-45(41)52-46-32-16-23-36(47(46)49)34-18-4-2-5-19-34/h2-7,9-13,15-16,18-21,23-32H,1,8,14,17,22H2/b43-31-. The Hall–Kier alpha value is -6.32. The van der Waals surface area contributed by atoms with Crippen molar-refractivity contribution >= 4 is 22.7 Å². The van der Waals surface area contributed by atoms with Gasteiger partial charge in [0.1, 0.15) is 23.0 Å². The molecule has 0 N–H and O–H groups in total. The fourth-order valence-corrected chi connectivity index (χ4v) is 8.90. The number of hydrogen-bond acceptors (Lipinski definition) is 2. The van der Waals surface area contributed by atoms with Gasteiger partial charge in [-0.25, -0.2) is 0 Å². The Morgan fingerprint density at radius 2 is 1.23 bits per heavy atom. The molecule has 0 amide bonds. The monoisotopic (exact) mass is 671 g/mol. The van der Waals surface area contributed by atoms with Crippen molar-refractivity contribution < 1.29 is 9.47 Å². The highest BCUT2D eigenvalue weighted by Crippen LogP contribution is 2.60. The molecule has 0 saturated carbocycles. The van der Waals surface area contributed by atoms with Crippen LogP contribution >= 0.6 is 0 Å². The third-order valence-corrected chi connectivity index (χ3v) is 11.1. The van der Waals surface area contributed by atoms with E-state index in [4.69, 9.17) is 16.1 Å². The maximum absolute atomic E-state index is 7.33. The highest BCUT2D eigenvalue weighted by Gasteiger charge is 2.49. The molecule has 2 aliphatic heterocycles. The highest BCUT2D eigenvalue weighted by atomic mass is 16.5. The van der Waals surface area contributed by atoms with Crippen LogP contribution < -0.4 is 9.47 Å². The number of benzene rings is 6. The smallest absolute Gasteiger partial charge is 0.132 e. The molecule has 1 aliphatic carbocycles. The summed E-state index contributed by atoms with van der Waals surface area (Å²) in [5.41, 5.74) is 11.9. The number of allylic oxidation sites excluding steroid dienone is 3. The molecular formula is C49H37NO2. The van der Waals surface area contributed by atoms with Gasteiger partial charge in [-0.15, -0.1) is 0 Å². The summed E-state index contributed by atoms with van der Waals surface area (Å²) in [5.74, 6) is 3.35. The van der Waals surface area contributed by atoms with E-state index in [0.717, 1.165) is 93.3 Å². The second-order valence-electron chi connectivity index (χ2n) is 13.9. The van der Waals surface area contributed by atoms with Crippen LogP contribution in [0.15, 0.2) is 170 Å². The maximum atomic E-state index is 7.33. The molecule has 3 heterocycles. The van der Waals surface area contributed by atoms with Crippen LogP contribution in [0.5, 0.6) is 17.2 Å². The predicted molar refractivity (Wildman–Crippen MR) is 212 cm³/mol. The maximum Gasteiger partial charge on any atom is 0.132 e. The molecule has 3 aliphatic rings. The minimum absolute atomic E-state index is 0.739. The van der Waals surface area contributed by atoms with Gasteiger partial charge >= 0.3 is 0 Å². The van der Waals surface area contributed by atoms with Crippen molar-refractivity contribution in [1.82, 2.24) is 4.57 Å². The average molecular weight is 672 g/mol. The first-order valence-electron chi connectivity index (χ1n) is 18.2. The molecule has 1 aromatic heterocycles. The first kappa shape index (κ1) is 30.5. The number of ether oxygens (including phenoxy) is 2. The first-order chi connectivity index (χ1) is 25.7. The van der Waals surface area contributed by atoms with Crippen LogP contribution in [0.1, 0.15) is 52.8 Å². The van der Waals surface area contributed by atoms with Crippen LogP contribution in [-0.2, 0) is 11.8 Å². The third-order valence-electron chi connectivity index (χ3n) is 11.1. The first-order valence-corrected chi connectivity index (χ1v) is 18.2. The van der Waals surface area contributed by atoms with Gasteiger partial charge < -0.3 is 14.0 Å². The number of hydrogen-bond donors (Lipinski definition) is 0. The van der Waals surface area contributed by atoms with E-state index in [1.807, 2.05) is 0 Å².